The number of thiocarbonyl (C=S) groups is 1. The fourth-order valence-corrected chi connectivity index (χ4v) is 1.23. The largest absolute Gasteiger partial charge is 0.393 e. The third-order valence-electron chi connectivity index (χ3n) is 1.29. The van der Waals surface area contributed by atoms with Gasteiger partial charge in [-0.05, 0) is 17.7 Å². The van der Waals surface area contributed by atoms with Crippen LogP contribution >= 0.6 is 28.1 Å². The summed E-state index contributed by atoms with van der Waals surface area (Å²) in [6.07, 6.45) is 0.683. The molecular weight excluding hydrogens is 222 g/mol. The van der Waals surface area contributed by atoms with Gasteiger partial charge in [0.1, 0.15) is 0 Å². The number of rotatable bonds is 2. The zero-order valence-electron chi connectivity index (χ0n) is 5.88. The van der Waals surface area contributed by atoms with Crippen molar-refractivity contribution in [2.24, 2.45) is 5.73 Å². The van der Waals surface area contributed by atoms with Gasteiger partial charge >= 0.3 is 0 Å². The van der Waals surface area contributed by atoms with Crippen LogP contribution in [0, 0.1) is 0 Å². The van der Waals surface area contributed by atoms with Crippen molar-refractivity contribution >= 4 is 33.1 Å². The van der Waals surface area contributed by atoms with Crippen LogP contribution in [0.3, 0.4) is 0 Å². The summed E-state index contributed by atoms with van der Waals surface area (Å²) in [6.45, 7) is 0. The minimum Gasteiger partial charge on any atom is -0.393 e. The molecule has 0 radical (unpaired) electrons. The van der Waals surface area contributed by atoms with E-state index in [1.807, 2.05) is 24.3 Å². The molecule has 1 rings (SSSR count). The molecule has 58 valence electrons. The van der Waals surface area contributed by atoms with E-state index in [1.165, 1.54) is 0 Å². The van der Waals surface area contributed by atoms with Gasteiger partial charge in [0.25, 0.3) is 0 Å². The molecule has 0 amide bonds. The number of hydrogen-bond acceptors (Lipinski definition) is 1. The molecule has 0 saturated carbocycles. The van der Waals surface area contributed by atoms with E-state index in [0.29, 0.717) is 11.4 Å². The lowest BCUT2D eigenvalue weighted by Gasteiger charge is -1.97. The van der Waals surface area contributed by atoms with Crippen LogP contribution in [0.5, 0.6) is 0 Å². The van der Waals surface area contributed by atoms with Crippen LogP contribution in [0.25, 0.3) is 0 Å². The SMILES string of the molecule is NC(=S)Cc1ccc(Br)cc1. The van der Waals surface area contributed by atoms with Crippen LogP contribution in [-0.4, -0.2) is 4.99 Å². The van der Waals surface area contributed by atoms with Crippen molar-refractivity contribution in [1.82, 2.24) is 0 Å². The van der Waals surface area contributed by atoms with E-state index in [0.717, 1.165) is 10.0 Å². The van der Waals surface area contributed by atoms with Gasteiger partial charge in [-0.1, -0.05) is 40.3 Å². The van der Waals surface area contributed by atoms with Gasteiger partial charge in [0.2, 0.25) is 0 Å². The van der Waals surface area contributed by atoms with E-state index in [4.69, 9.17) is 18.0 Å². The van der Waals surface area contributed by atoms with Crippen LogP contribution in [-0.2, 0) is 6.42 Å². The standard InChI is InChI=1S/C8H8BrNS/c9-7-3-1-6(2-4-7)5-8(10)11/h1-4H,5H2,(H2,10,11). The maximum atomic E-state index is 5.38. The summed E-state index contributed by atoms with van der Waals surface area (Å²) in [5.74, 6) is 0. The molecule has 11 heavy (non-hydrogen) atoms. The highest BCUT2D eigenvalue weighted by atomic mass is 79.9. The Morgan fingerprint density at radius 1 is 1.36 bits per heavy atom. The minimum atomic E-state index is 0.535. The Balaban J connectivity index is 2.74. The van der Waals surface area contributed by atoms with Crippen molar-refractivity contribution in [1.29, 1.82) is 0 Å². The summed E-state index contributed by atoms with van der Waals surface area (Å²) in [5, 5.41) is 0. The molecule has 1 nitrogen and oxygen atoms in total. The Kier molecular flexibility index (Phi) is 3.02. The molecule has 0 saturated heterocycles. The van der Waals surface area contributed by atoms with Crippen molar-refractivity contribution < 1.29 is 0 Å². The average Bonchev–Trinajstić information content (AvgIpc) is 1.93. The van der Waals surface area contributed by atoms with Gasteiger partial charge in [-0.25, -0.2) is 0 Å². The molecular formula is C8H8BrNS. The molecule has 0 aliphatic rings. The third-order valence-corrected chi connectivity index (χ3v) is 1.96. The predicted molar refractivity (Wildman–Crippen MR) is 54.6 cm³/mol. The topological polar surface area (TPSA) is 26.0 Å². The second kappa shape index (κ2) is 3.83. The zero-order valence-corrected chi connectivity index (χ0v) is 8.28. The molecule has 3 heteroatoms. The maximum absolute atomic E-state index is 5.38. The Hall–Kier alpha value is -0.410. The summed E-state index contributed by atoms with van der Waals surface area (Å²) < 4.78 is 1.07. The van der Waals surface area contributed by atoms with Gasteiger partial charge in [-0.2, -0.15) is 0 Å². The Morgan fingerprint density at radius 2 is 1.91 bits per heavy atom. The highest BCUT2D eigenvalue weighted by Gasteiger charge is 1.93. The number of benzene rings is 1. The monoisotopic (exact) mass is 229 g/mol. The van der Waals surface area contributed by atoms with Crippen molar-refractivity contribution in [2.75, 3.05) is 0 Å². The summed E-state index contributed by atoms with van der Waals surface area (Å²) in [7, 11) is 0. The first kappa shape index (κ1) is 8.68. The van der Waals surface area contributed by atoms with E-state index >= 15 is 0 Å². The van der Waals surface area contributed by atoms with Crippen molar-refractivity contribution in [3.63, 3.8) is 0 Å². The average molecular weight is 230 g/mol. The molecule has 0 unspecified atom stereocenters. The Labute approximate surface area is 79.7 Å². The molecule has 1 aromatic carbocycles. The lowest BCUT2D eigenvalue weighted by atomic mass is 10.2. The fraction of sp³-hybridized carbons (Fsp3) is 0.125. The first-order valence-electron chi connectivity index (χ1n) is 3.21. The lowest BCUT2D eigenvalue weighted by Crippen LogP contribution is -2.10. The van der Waals surface area contributed by atoms with Crippen LogP contribution < -0.4 is 5.73 Å². The molecule has 0 aliphatic carbocycles. The van der Waals surface area contributed by atoms with E-state index in [1.54, 1.807) is 0 Å². The summed E-state index contributed by atoms with van der Waals surface area (Å²) >= 11 is 8.12. The highest BCUT2D eigenvalue weighted by molar-refractivity contribution is 9.10. The molecule has 0 aromatic heterocycles. The Morgan fingerprint density at radius 3 is 2.36 bits per heavy atom. The van der Waals surface area contributed by atoms with Gasteiger partial charge in [-0.3, -0.25) is 0 Å². The highest BCUT2D eigenvalue weighted by Crippen LogP contribution is 2.10. The molecule has 1 aromatic rings. The zero-order chi connectivity index (χ0) is 8.27. The molecule has 0 atom stereocenters. The first-order chi connectivity index (χ1) is 5.18. The molecule has 0 spiro atoms. The number of halogens is 1. The van der Waals surface area contributed by atoms with Crippen LogP contribution in [0.1, 0.15) is 5.56 Å². The summed E-state index contributed by atoms with van der Waals surface area (Å²) in [5.41, 5.74) is 6.54. The quantitative estimate of drug-likeness (QED) is 0.789. The van der Waals surface area contributed by atoms with Crippen LogP contribution in [0.4, 0.5) is 0 Å². The van der Waals surface area contributed by atoms with Crippen LogP contribution in [0.2, 0.25) is 0 Å². The van der Waals surface area contributed by atoms with E-state index in [-0.39, 0.29) is 0 Å². The van der Waals surface area contributed by atoms with E-state index in [2.05, 4.69) is 15.9 Å². The minimum absolute atomic E-state index is 0.535. The van der Waals surface area contributed by atoms with Gasteiger partial charge in [-0.15, -0.1) is 0 Å². The lowest BCUT2D eigenvalue weighted by molar-refractivity contribution is 1.32. The molecule has 0 heterocycles. The number of nitrogens with two attached hydrogens (primary N) is 1. The second-order valence-electron chi connectivity index (χ2n) is 2.27. The summed E-state index contributed by atoms with van der Waals surface area (Å²) in [4.78, 5) is 0.535. The van der Waals surface area contributed by atoms with E-state index in [9.17, 15) is 0 Å². The van der Waals surface area contributed by atoms with Gasteiger partial charge in [0, 0.05) is 10.9 Å². The van der Waals surface area contributed by atoms with Crippen LogP contribution in [0.15, 0.2) is 28.7 Å². The molecule has 0 fully saturated rings. The van der Waals surface area contributed by atoms with Crippen molar-refractivity contribution in [3.05, 3.63) is 34.3 Å². The van der Waals surface area contributed by atoms with Gasteiger partial charge in [0.05, 0.1) is 4.99 Å². The molecule has 0 bridgehead atoms. The maximum Gasteiger partial charge on any atom is 0.0771 e. The molecule has 0 aliphatic heterocycles. The molecule has 2 N–H and O–H groups in total. The fourth-order valence-electron chi connectivity index (χ4n) is 0.803. The summed E-state index contributed by atoms with van der Waals surface area (Å²) in [6, 6.07) is 7.97. The Bertz CT molecular complexity index is 255. The number of hydrogen-bond donors (Lipinski definition) is 1. The predicted octanol–water partition coefficient (Wildman–Crippen LogP) is 2.28. The normalized spacial score (nSPS) is 9.55. The van der Waals surface area contributed by atoms with Crippen molar-refractivity contribution in [2.45, 2.75) is 6.42 Å². The van der Waals surface area contributed by atoms with Gasteiger partial charge in [0.15, 0.2) is 0 Å². The second-order valence-corrected chi connectivity index (χ2v) is 3.71. The third kappa shape index (κ3) is 2.99. The van der Waals surface area contributed by atoms with Crippen molar-refractivity contribution in [3.8, 4) is 0 Å². The first-order valence-corrected chi connectivity index (χ1v) is 4.41. The van der Waals surface area contributed by atoms with E-state index < -0.39 is 0 Å². The van der Waals surface area contributed by atoms with Gasteiger partial charge < -0.3 is 5.73 Å². The smallest absolute Gasteiger partial charge is 0.0771 e.